The molecule has 4 rings (SSSR count). The first-order valence-electron chi connectivity index (χ1n) is 11.7. The van der Waals surface area contributed by atoms with Gasteiger partial charge in [-0.25, -0.2) is 4.57 Å². The summed E-state index contributed by atoms with van der Waals surface area (Å²) in [6.07, 6.45) is 5.38. The monoisotopic (exact) mass is 534 g/mol. The van der Waals surface area contributed by atoms with Crippen LogP contribution in [0.1, 0.15) is 32.1 Å². The van der Waals surface area contributed by atoms with Crippen molar-refractivity contribution in [1.29, 1.82) is 5.41 Å². The Bertz CT molecular complexity index is 1270. The standard InChI is InChI=1S/C23H30N6O5S2/c1-11-16(19(23(33)34)29-18(11)17(12(2)30)20(29)32)14-8-27-10-28(21(35-4)22(27)36-14)9-15(31)26-7-5-6-25-13(3)24/h8,10-12,17-18,30H,5-7,9H2,1-4H3,(H3-,24,25,26,31,33,34)/t11-,12+,17+,18+/m0/s1. The van der Waals surface area contributed by atoms with E-state index in [1.54, 1.807) is 20.2 Å². The van der Waals surface area contributed by atoms with Crippen LogP contribution in [0.4, 0.5) is 0 Å². The number of nitrogens with one attached hydrogen (secondary N) is 3. The van der Waals surface area contributed by atoms with E-state index in [4.69, 9.17) is 5.41 Å². The van der Waals surface area contributed by atoms with Crippen molar-refractivity contribution in [2.75, 3.05) is 19.3 Å². The van der Waals surface area contributed by atoms with Crippen molar-refractivity contribution in [2.24, 2.45) is 11.8 Å². The Balaban J connectivity index is 1.56. The molecule has 2 amide bonds. The molecule has 2 aliphatic heterocycles. The number of rotatable bonds is 10. The molecule has 1 fully saturated rings. The number of fused-ring (bicyclic) bond motifs is 2. The van der Waals surface area contributed by atoms with Gasteiger partial charge < -0.3 is 30.5 Å². The molecule has 2 aliphatic rings. The molecular formula is C23H30N6O5S2. The van der Waals surface area contributed by atoms with E-state index < -0.39 is 29.9 Å². The van der Waals surface area contributed by atoms with E-state index >= 15 is 0 Å². The number of carboxylic acid groups (broad SMARTS) is 1. The number of carbonyl (C=O) groups is 3. The van der Waals surface area contributed by atoms with Gasteiger partial charge in [0.2, 0.25) is 15.8 Å². The summed E-state index contributed by atoms with van der Waals surface area (Å²) in [5.74, 6) is -2.44. The number of β-lactam (4-membered cyclic amide) rings is 1. The number of hydrogen-bond acceptors (Lipinski definition) is 8. The quantitative estimate of drug-likeness (QED) is 0.0794. The number of aromatic nitrogens is 2. The lowest BCUT2D eigenvalue weighted by Crippen LogP contribution is -2.64. The largest absolute Gasteiger partial charge is 0.543 e. The van der Waals surface area contributed by atoms with Crippen LogP contribution in [-0.2, 0) is 20.9 Å². The Morgan fingerprint density at radius 2 is 2.06 bits per heavy atom. The van der Waals surface area contributed by atoms with Crippen LogP contribution in [-0.4, -0.2) is 69.7 Å². The van der Waals surface area contributed by atoms with Gasteiger partial charge in [0.25, 0.3) is 12.2 Å². The highest BCUT2D eigenvalue weighted by molar-refractivity contribution is 7.98. The van der Waals surface area contributed by atoms with Crippen molar-refractivity contribution in [1.82, 2.24) is 20.1 Å². The van der Waals surface area contributed by atoms with Crippen LogP contribution in [0.3, 0.4) is 0 Å². The Labute approximate surface area is 216 Å². The molecule has 2 aromatic heterocycles. The van der Waals surface area contributed by atoms with Gasteiger partial charge in [-0.1, -0.05) is 30.0 Å². The third-order valence-corrected chi connectivity index (χ3v) is 8.70. The number of aliphatic hydroxyl groups excluding tert-OH is 1. The van der Waals surface area contributed by atoms with E-state index in [1.807, 2.05) is 28.3 Å². The van der Waals surface area contributed by atoms with E-state index in [2.05, 4.69) is 10.6 Å². The number of aliphatic hydroxyl groups is 1. The SMILES string of the molecule is CSc1c2sc(C3=C(C(=O)[O-])N4C(=O)[C@H]([C@@H](C)O)[C@H]4[C@H]3C)c[n+]2cn1CC(=O)NCCCNC(C)=N. The summed E-state index contributed by atoms with van der Waals surface area (Å²) in [7, 11) is 0. The number of carboxylic acids is 1. The molecule has 4 N–H and O–H groups in total. The molecule has 4 heterocycles. The van der Waals surface area contributed by atoms with Crippen LogP contribution in [0.5, 0.6) is 0 Å². The third-order valence-electron chi connectivity index (χ3n) is 6.61. The van der Waals surface area contributed by atoms with Gasteiger partial charge in [-0.3, -0.25) is 15.0 Å². The van der Waals surface area contributed by atoms with E-state index in [1.165, 1.54) is 28.0 Å². The van der Waals surface area contributed by atoms with Gasteiger partial charge in [-0.05, 0) is 26.5 Å². The van der Waals surface area contributed by atoms with Crippen molar-refractivity contribution in [3.8, 4) is 0 Å². The van der Waals surface area contributed by atoms with Gasteiger partial charge in [0.15, 0.2) is 6.54 Å². The number of thiazole rings is 1. The molecule has 36 heavy (non-hydrogen) atoms. The second-order valence-electron chi connectivity index (χ2n) is 9.12. The Morgan fingerprint density at radius 1 is 1.36 bits per heavy atom. The molecule has 13 heteroatoms. The van der Waals surface area contributed by atoms with Gasteiger partial charge in [0, 0.05) is 24.6 Å². The smallest absolute Gasteiger partial charge is 0.262 e. The number of nitrogens with zero attached hydrogens (tertiary/aromatic N) is 3. The molecule has 4 atom stereocenters. The first-order valence-corrected chi connectivity index (χ1v) is 13.7. The minimum Gasteiger partial charge on any atom is -0.543 e. The molecular weight excluding hydrogens is 504 g/mol. The minimum atomic E-state index is -1.40. The van der Waals surface area contributed by atoms with Crippen molar-refractivity contribution in [3.05, 3.63) is 23.1 Å². The first kappa shape index (κ1) is 26.2. The number of aliphatic carboxylic acids is 1. The summed E-state index contributed by atoms with van der Waals surface area (Å²) >= 11 is 2.89. The highest BCUT2D eigenvalue weighted by Gasteiger charge is 2.59. The molecule has 0 unspecified atom stereocenters. The number of imidazole rings is 1. The summed E-state index contributed by atoms with van der Waals surface area (Å²) in [5.41, 5.74) is 0.417. The predicted molar refractivity (Wildman–Crippen MR) is 133 cm³/mol. The van der Waals surface area contributed by atoms with E-state index in [0.717, 1.165) is 9.86 Å². The lowest BCUT2D eigenvalue weighted by atomic mass is 9.77. The van der Waals surface area contributed by atoms with Gasteiger partial charge in [-0.2, -0.15) is 4.40 Å². The van der Waals surface area contributed by atoms with Crippen molar-refractivity contribution in [2.45, 2.75) is 50.9 Å². The Kier molecular flexibility index (Phi) is 7.43. The first-order chi connectivity index (χ1) is 17.1. The highest BCUT2D eigenvalue weighted by Crippen LogP contribution is 2.51. The molecule has 0 aliphatic carbocycles. The van der Waals surface area contributed by atoms with Crippen molar-refractivity contribution >= 4 is 57.1 Å². The molecule has 1 saturated heterocycles. The number of thioether (sulfide) groups is 1. The van der Waals surface area contributed by atoms with Crippen LogP contribution in [0.15, 0.2) is 23.2 Å². The molecule has 0 saturated carbocycles. The fraction of sp³-hybridized carbons (Fsp3) is 0.522. The van der Waals surface area contributed by atoms with Gasteiger partial charge in [-0.15, -0.1) is 0 Å². The Morgan fingerprint density at radius 3 is 2.67 bits per heavy atom. The van der Waals surface area contributed by atoms with Gasteiger partial charge in [0.05, 0.1) is 40.4 Å². The summed E-state index contributed by atoms with van der Waals surface area (Å²) in [6.45, 7) is 6.35. The number of amidine groups is 1. The summed E-state index contributed by atoms with van der Waals surface area (Å²) in [6, 6.07) is -0.409. The lowest BCUT2D eigenvalue weighted by molar-refractivity contribution is -0.508. The van der Waals surface area contributed by atoms with Crippen LogP contribution < -0.4 is 20.1 Å². The van der Waals surface area contributed by atoms with E-state index in [0.29, 0.717) is 35.8 Å². The van der Waals surface area contributed by atoms with Crippen molar-refractivity contribution in [3.63, 3.8) is 0 Å². The maximum atomic E-state index is 12.6. The zero-order chi connectivity index (χ0) is 26.3. The fourth-order valence-corrected chi connectivity index (χ4v) is 7.24. The van der Waals surface area contributed by atoms with Gasteiger partial charge >= 0.3 is 0 Å². The lowest BCUT2D eigenvalue weighted by Gasteiger charge is -2.47. The second kappa shape index (κ2) is 10.2. The molecule has 11 nitrogen and oxygen atoms in total. The maximum absolute atomic E-state index is 12.6. The fourth-order valence-electron chi connectivity index (χ4n) is 5.06. The normalized spacial score (nSPS) is 22.0. The van der Waals surface area contributed by atoms with E-state index in [-0.39, 0.29) is 24.1 Å². The second-order valence-corrected chi connectivity index (χ2v) is 10.9. The summed E-state index contributed by atoms with van der Waals surface area (Å²) < 4.78 is 3.72. The van der Waals surface area contributed by atoms with Crippen LogP contribution in [0, 0.1) is 17.2 Å². The van der Waals surface area contributed by atoms with Crippen LogP contribution in [0.25, 0.3) is 10.4 Å². The Hall–Kier alpha value is -2.90. The van der Waals surface area contributed by atoms with Crippen molar-refractivity contribution < 1.29 is 29.0 Å². The van der Waals surface area contributed by atoms with Crippen LogP contribution in [0.2, 0.25) is 0 Å². The summed E-state index contributed by atoms with van der Waals surface area (Å²) in [4.78, 5) is 40.0. The molecule has 2 aromatic rings. The summed E-state index contributed by atoms with van der Waals surface area (Å²) in [5, 5.41) is 36.1. The molecule has 0 radical (unpaired) electrons. The average Bonchev–Trinajstić information content (AvgIpc) is 3.40. The molecule has 0 bridgehead atoms. The zero-order valence-electron chi connectivity index (χ0n) is 20.5. The number of amides is 2. The average molecular weight is 535 g/mol. The molecule has 194 valence electrons. The molecule has 0 aromatic carbocycles. The zero-order valence-corrected chi connectivity index (χ0v) is 22.2. The predicted octanol–water partition coefficient (Wildman–Crippen LogP) is -0.578. The maximum Gasteiger partial charge on any atom is 0.262 e. The van der Waals surface area contributed by atoms with Crippen LogP contribution >= 0.6 is 23.1 Å². The molecule has 0 spiro atoms. The third kappa shape index (κ3) is 4.50. The van der Waals surface area contributed by atoms with Gasteiger partial charge in [0.1, 0.15) is 6.20 Å². The minimum absolute atomic E-state index is 0.121. The highest BCUT2D eigenvalue weighted by atomic mass is 32.2. The number of carbonyl (C=O) groups excluding carboxylic acids is 3. The number of hydrogen-bond donors (Lipinski definition) is 4. The van der Waals surface area contributed by atoms with E-state index in [9.17, 15) is 24.6 Å². The topological polar surface area (TPSA) is 155 Å².